The Morgan fingerprint density at radius 2 is 1.60 bits per heavy atom. The van der Waals surface area contributed by atoms with Gasteiger partial charge in [-0.05, 0) is 55.3 Å². The first-order valence-electron chi connectivity index (χ1n) is 15.1. The zero-order valence-corrected chi connectivity index (χ0v) is 28.6. The molecule has 2 unspecified atom stereocenters. The zero-order valence-electron chi connectivity index (χ0n) is 27.0. The van der Waals surface area contributed by atoms with Crippen LogP contribution in [-0.4, -0.2) is 61.5 Å². The van der Waals surface area contributed by atoms with E-state index in [9.17, 15) is 8.42 Å². The number of aromatic nitrogens is 4. The van der Waals surface area contributed by atoms with Gasteiger partial charge in [0.25, 0.3) is 0 Å². The molecular formula is C34H34ClFN6O5S. The van der Waals surface area contributed by atoms with Crippen LogP contribution in [0, 0.1) is 5.82 Å². The molecule has 48 heavy (non-hydrogen) atoms. The maximum absolute atomic E-state index is 15.5. The Bertz CT molecular complexity index is 2020. The lowest BCUT2D eigenvalue weighted by Gasteiger charge is -2.34. The Morgan fingerprint density at radius 1 is 1.00 bits per heavy atom. The van der Waals surface area contributed by atoms with Crippen molar-refractivity contribution in [1.82, 2.24) is 19.9 Å². The minimum atomic E-state index is -3.94. The van der Waals surface area contributed by atoms with Gasteiger partial charge < -0.3 is 24.0 Å². The smallest absolute Gasteiger partial charge is 0.249 e. The molecule has 0 saturated carbocycles. The first kappa shape index (κ1) is 33.2. The fraction of sp³-hybridized carbons (Fsp3) is 0.294. The summed E-state index contributed by atoms with van der Waals surface area (Å²) < 4.78 is 57.8. The van der Waals surface area contributed by atoms with Crippen molar-refractivity contribution >= 4 is 44.0 Å². The van der Waals surface area contributed by atoms with Gasteiger partial charge in [-0.2, -0.15) is 4.98 Å². The summed E-state index contributed by atoms with van der Waals surface area (Å²) in [4.78, 5) is 21.6. The third kappa shape index (κ3) is 6.65. The molecule has 11 nitrogen and oxygen atoms in total. The number of anilines is 2. The van der Waals surface area contributed by atoms with Gasteiger partial charge in [0.2, 0.25) is 20.9 Å². The van der Waals surface area contributed by atoms with Crippen LogP contribution in [0.15, 0.2) is 72.0 Å². The van der Waals surface area contributed by atoms with E-state index in [2.05, 4.69) is 19.9 Å². The molecule has 0 amide bonds. The molecule has 0 radical (unpaired) electrons. The number of hydrogen-bond acceptors (Lipinski definition) is 11. The average molecular weight is 693 g/mol. The number of ether oxygens (including phenoxy) is 3. The SMILES string of the molecule is COc1ccc(CN(Cc2ccc(OC)cc2)c2ncccc2C(C)N2CC(C)Oc3nc(Cl)c(F)c4nc(S(C)(=O)=O)nc2c34)cc1. The van der Waals surface area contributed by atoms with Crippen molar-refractivity contribution in [2.75, 3.05) is 36.8 Å². The molecule has 0 saturated heterocycles. The third-order valence-corrected chi connectivity index (χ3v) is 9.24. The zero-order chi connectivity index (χ0) is 34.2. The van der Waals surface area contributed by atoms with Gasteiger partial charge in [0.05, 0.1) is 26.8 Å². The maximum atomic E-state index is 15.5. The summed E-state index contributed by atoms with van der Waals surface area (Å²) in [6, 6.07) is 19.0. The number of nitrogens with zero attached hydrogens (tertiary/aromatic N) is 6. The van der Waals surface area contributed by atoms with E-state index in [4.69, 9.17) is 30.8 Å². The second kappa shape index (κ2) is 13.4. The highest BCUT2D eigenvalue weighted by Crippen LogP contribution is 2.42. The highest BCUT2D eigenvalue weighted by atomic mass is 35.5. The van der Waals surface area contributed by atoms with Crippen molar-refractivity contribution < 1.29 is 27.0 Å². The lowest BCUT2D eigenvalue weighted by Crippen LogP contribution is -2.36. The van der Waals surface area contributed by atoms with Gasteiger partial charge in [-0.1, -0.05) is 41.9 Å². The van der Waals surface area contributed by atoms with E-state index in [1.54, 1.807) is 20.4 Å². The van der Waals surface area contributed by atoms with E-state index in [0.29, 0.717) is 18.9 Å². The Hall–Kier alpha value is -4.75. The lowest BCUT2D eigenvalue weighted by molar-refractivity contribution is 0.221. The summed E-state index contributed by atoms with van der Waals surface area (Å²) in [5.41, 5.74) is 2.61. The summed E-state index contributed by atoms with van der Waals surface area (Å²) >= 11 is 6.12. The van der Waals surface area contributed by atoms with Crippen molar-refractivity contribution in [2.45, 2.75) is 44.2 Å². The molecule has 0 bridgehead atoms. The highest BCUT2D eigenvalue weighted by molar-refractivity contribution is 7.90. The van der Waals surface area contributed by atoms with Gasteiger partial charge >= 0.3 is 0 Å². The van der Waals surface area contributed by atoms with Gasteiger partial charge in [-0.15, -0.1) is 0 Å². The van der Waals surface area contributed by atoms with Crippen LogP contribution in [0.1, 0.15) is 36.6 Å². The predicted octanol–water partition coefficient (Wildman–Crippen LogP) is 6.19. The summed E-state index contributed by atoms with van der Waals surface area (Å²) in [5, 5.41) is -0.868. The number of halogens is 2. The van der Waals surface area contributed by atoms with Crippen molar-refractivity contribution in [1.29, 1.82) is 0 Å². The highest BCUT2D eigenvalue weighted by Gasteiger charge is 2.34. The molecule has 3 aromatic heterocycles. The van der Waals surface area contributed by atoms with Gasteiger partial charge in [0.15, 0.2) is 11.0 Å². The first-order valence-corrected chi connectivity index (χ1v) is 17.4. The number of sulfone groups is 1. The van der Waals surface area contributed by atoms with Crippen molar-refractivity contribution in [3.05, 3.63) is 94.5 Å². The summed E-state index contributed by atoms with van der Waals surface area (Å²) in [6.07, 6.45) is 2.24. The number of benzene rings is 2. The van der Waals surface area contributed by atoms with Crippen LogP contribution in [0.25, 0.3) is 10.9 Å². The Morgan fingerprint density at radius 3 is 2.17 bits per heavy atom. The second-order valence-corrected chi connectivity index (χ2v) is 13.8. The molecular weight excluding hydrogens is 659 g/mol. The topological polar surface area (TPSA) is 120 Å². The fourth-order valence-corrected chi connectivity index (χ4v) is 6.42. The summed E-state index contributed by atoms with van der Waals surface area (Å²) in [5.74, 6) is 1.44. The van der Waals surface area contributed by atoms with Crippen molar-refractivity contribution in [3.63, 3.8) is 0 Å². The van der Waals surface area contributed by atoms with Crippen LogP contribution in [0.2, 0.25) is 5.15 Å². The number of pyridine rings is 2. The average Bonchev–Trinajstić information content (AvgIpc) is 3.22. The van der Waals surface area contributed by atoms with Crippen LogP contribution >= 0.6 is 11.6 Å². The van der Waals surface area contributed by atoms with E-state index >= 15 is 4.39 Å². The number of rotatable bonds is 10. The fourth-order valence-electron chi connectivity index (χ4n) is 5.74. The van der Waals surface area contributed by atoms with E-state index < -0.39 is 38.1 Å². The number of hydrogen-bond donors (Lipinski definition) is 0. The van der Waals surface area contributed by atoms with Crippen LogP contribution < -0.4 is 24.0 Å². The molecule has 4 heterocycles. The molecule has 6 rings (SSSR count). The monoisotopic (exact) mass is 692 g/mol. The number of methoxy groups -OCH3 is 2. The molecule has 0 N–H and O–H groups in total. The minimum absolute atomic E-state index is 0.0284. The maximum Gasteiger partial charge on any atom is 0.249 e. The summed E-state index contributed by atoms with van der Waals surface area (Å²) in [7, 11) is -0.688. The largest absolute Gasteiger partial charge is 0.497 e. The van der Waals surface area contributed by atoms with Crippen LogP contribution in [0.5, 0.6) is 17.4 Å². The van der Waals surface area contributed by atoms with Gasteiger partial charge in [0.1, 0.15) is 40.1 Å². The second-order valence-electron chi connectivity index (χ2n) is 11.6. The minimum Gasteiger partial charge on any atom is -0.497 e. The molecule has 0 aliphatic carbocycles. The normalized spacial score (nSPS) is 15.1. The third-order valence-electron chi connectivity index (χ3n) is 8.14. The first-order chi connectivity index (χ1) is 23.0. The van der Waals surface area contributed by atoms with Crippen LogP contribution in [-0.2, 0) is 22.9 Å². The van der Waals surface area contributed by atoms with Crippen molar-refractivity contribution in [2.24, 2.45) is 0 Å². The molecule has 0 spiro atoms. The van der Waals surface area contributed by atoms with E-state index in [-0.39, 0.29) is 29.1 Å². The molecule has 1 aliphatic rings. The van der Waals surface area contributed by atoms with Crippen LogP contribution in [0.4, 0.5) is 16.0 Å². The molecule has 0 fully saturated rings. The summed E-state index contributed by atoms with van der Waals surface area (Å²) in [6.45, 7) is 5.09. The Balaban J connectivity index is 1.48. The van der Waals surface area contributed by atoms with Crippen molar-refractivity contribution in [3.8, 4) is 17.4 Å². The van der Waals surface area contributed by atoms with Gasteiger partial charge in [-0.25, -0.2) is 27.8 Å². The van der Waals surface area contributed by atoms with E-state index in [1.165, 1.54) is 0 Å². The van der Waals surface area contributed by atoms with Gasteiger partial charge in [-0.3, -0.25) is 0 Å². The lowest BCUT2D eigenvalue weighted by atomic mass is 10.0. The molecule has 2 atom stereocenters. The Kier molecular flexibility index (Phi) is 9.26. The molecule has 2 aromatic carbocycles. The van der Waals surface area contributed by atoms with E-state index in [1.807, 2.05) is 79.4 Å². The molecule has 14 heteroatoms. The van der Waals surface area contributed by atoms with Gasteiger partial charge in [0, 0.05) is 31.1 Å². The molecule has 250 valence electrons. The standard InChI is InChI=1S/C34H34ClFN6O5S/c1-20-17-42(32-27-29(38-34(40-32)48(5,43)44)28(36)30(35)39-33(27)47-20)21(2)26-7-6-16-37-31(26)41(18-22-8-12-24(45-3)13-9-22)19-23-10-14-25(46-4)15-11-23/h6-16,20-21H,17-19H2,1-5H3. The quantitative estimate of drug-likeness (QED) is 0.123. The van der Waals surface area contributed by atoms with E-state index in [0.717, 1.165) is 34.4 Å². The predicted molar refractivity (Wildman–Crippen MR) is 181 cm³/mol. The molecule has 1 aliphatic heterocycles. The Labute approximate surface area is 283 Å². The molecule has 5 aromatic rings. The van der Waals surface area contributed by atoms with Crippen LogP contribution in [0.3, 0.4) is 0 Å².